The summed E-state index contributed by atoms with van der Waals surface area (Å²) >= 11 is 0. The lowest BCUT2D eigenvalue weighted by Crippen LogP contribution is -2.52. The van der Waals surface area contributed by atoms with Gasteiger partial charge in [-0.3, -0.25) is 14.3 Å². The van der Waals surface area contributed by atoms with Crippen LogP contribution in [0.2, 0.25) is 0 Å². The Morgan fingerprint density at radius 2 is 1.82 bits per heavy atom. The molecule has 0 radical (unpaired) electrons. The highest BCUT2D eigenvalue weighted by atomic mass is 19.4. The third-order valence-corrected chi connectivity index (χ3v) is 4.38. The number of carbonyl (C=O) groups excluding carboxylic acids is 2. The van der Waals surface area contributed by atoms with Gasteiger partial charge in [0.15, 0.2) is 5.69 Å². The van der Waals surface area contributed by atoms with Crippen molar-refractivity contribution < 1.29 is 22.8 Å². The molecule has 0 aliphatic carbocycles. The quantitative estimate of drug-likeness (QED) is 0.701. The van der Waals surface area contributed by atoms with Gasteiger partial charge in [0, 0.05) is 18.4 Å². The van der Waals surface area contributed by atoms with Crippen molar-refractivity contribution in [2.75, 3.05) is 0 Å². The number of aryl methyl sites for hydroxylation is 1. The minimum Gasteiger partial charge on any atom is -0.368 e. The number of hydrogen-bond donors (Lipinski definition) is 2. The normalized spacial score (nSPS) is 13.5. The molecular formula is C19H25F3N4O2. The Balaban J connectivity index is 2.23. The molecule has 1 aromatic heterocycles. The van der Waals surface area contributed by atoms with E-state index in [9.17, 15) is 22.8 Å². The average Bonchev–Trinajstić information content (AvgIpc) is 2.93. The molecule has 2 aromatic rings. The lowest BCUT2D eigenvalue weighted by Gasteiger charge is -2.28. The fourth-order valence-corrected chi connectivity index (χ4v) is 2.97. The minimum absolute atomic E-state index is 0.0208. The second-order valence-electron chi connectivity index (χ2n) is 7.84. The number of rotatable bonds is 7. The van der Waals surface area contributed by atoms with E-state index >= 15 is 0 Å². The molecule has 0 aliphatic heterocycles. The molecule has 9 heteroatoms. The number of carbonyl (C=O) groups is 2. The van der Waals surface area contributed by atoms with Crippen LogP contribution in [0.1, 0.15) is 50.5 Å². The summed E-state index contributed by atoms with van der Waals surface area (Å²) in [6, 6.07) is 6.07. The molecule has 0 saturated carbocycles. The number of amides is 2. The summed E-state index contributed by atoms with van der Waals surface area (Å²) in [6.07, 6.45) is -4.79. The minimum atomic E-state index is -4.19. The van der Waals surface area contributed by atoms with Gasteiger partial charge in [0.1, 0.15) is 6.04 Å². The fraction of sp³-hybridized carbons (Fsp3) is 0.526. The molecule has 28 heavy (non-hydrogen) atoms. The number of nitrogens with zero attached hydrogens (tertiary/aromatic N) is 2. The van der Waals surface area contributed by atoms with Crippen molar-refractivity contribution in [3.63, 3.8) is 0 Å². The molecule has 0 fully saturated rings. The second-order valence-corrected chi connectivity index (χ2v) is 7.84. The van der Waals surface area contributed by atoms with Crippen LogP contribution in [0.3, 0.4) is 0 Å². The van der Waals surface area contributed by atoms with Crippen molar-refractivity contribution in [3.05, 3.63) is 30.0 Å². The SMILES string of the molecule is CC(C)(C)[C@H](NC(=O)c1nn(CCCCC(F)(F)F)c2ccccc12)C(N)=O. The molecule has 0 unspecified atom stereocenters. The lowest BCUT2D eigenvalue weighted by molar-refractivity contribution is -0.135. The number of hydrogen-bond acceptors (Lipinski definition) is 3. The predicted octanol–water partition coefficient (Wildman–Crippen LogP) is 3.40. The van der Waals surface area contributed by atoms with Gasteiger partial charge >= 0.3 is 6.18 Å². The van der Waals surface area contributed by atoms with Crippen molar-refractivity contribution in [1.82, 2.24) is 15.1 Å². The van der Waals surface area contributed by atoms with Gasteiger partial charge in [-0.15, -0.1) is 0 Å². The van der Waals surface area contributed by atoms with Crippen LogP contribution < -0.4 is 11.1 Å². The summed E-state index contributed by atoms with van der Waals surface area (Å²) in [5, 5.41) is 7.48. The number of unbranched alkanes of at least 4 members (excludes halogenated alkanes) is 1. The van der Waals surface area contributed by atoms with Crippen molar-refractivity contribution >= 4 is 22.7 Å². The lowest BCUT2D eigenvalue weighted by atomic mass is 9.86. The molecule has 154 valence electrons. The number of nitrogens with two attached hydrogens (primary N) is 1. The molecule has 0 bridgehead atoms. The number of halogens is 3. The first-order valence-electron chi connectivity index (χ1n) is 9.02. The Morgan fingerprint density at radius 1 is 1.18 bits per heavy atom. The van der Waals surface area contributed by atoms with Crippen LogP contribution in [-0.4, -0.2) is 33.8 Å². The van der Waals surface area contributed by atoms with Gasteiger partial charge in [-0.05, 0) is 24.3 Å². The van der Waals surface area contributed by atoms with Crippen LogP contribution in [0.15, 0.2) is 24.3 Å². The zero-order chi connectivity index (χ0) is 21.1. The highest BCUT2D eigenvalue weighted by Crippen LogP contribution is 2.24. The zero-order valence-electron chi connectivity index (χ0n) is 16.1. The summed E-state index contributed by atoms with van der Waals surface area (Å²) in [4.78, 5) is 24.5. The highest BCUT2D eigenvalue weighted by molar-refractivity contribution is 6.06. The van der Waals surface area contributed by atoms with Gasteiger partial charge in [-0.1, -0.05) is 39.0 Å². The van der Waals surface area contributed by atoms with Crippen molar-refractivity contribution in [1.29, 1.82) is 0 Å². The molecule has 1 aromatic carbocycles. The first-order valence-corrected chi connectivity index (χ1v) is 9.02. The highest BCUT2D eigenvalue weighted by Gasteiger charge is 2.32. The van der Waals surface area contributed by atoms with E-state index in [-0.39, 0.29) is 25.1 Å². The van der Waals surface area contributed by atoms with Crippen LogP contribution >= 0.6 is 0 Å². The van der Waals surface area contributed by atoms with Gasteiger partial charge in [-0.2, -0.15) is 18.3 Å². The molecule has 0 aliphatic rings. The average molecular weight is 398 g/mol. The number of aromatic nitrogens is 2. The molecule has 2 rings (SSSR count). The Kier molecular flexibility index (Phi) is 6.36. The summed E-state index contributed by atoms with van der Waals surface area (Å²) in [6.45, 7) is 5.59. The molecular weight excluding hydrogens is 373 g/mol. The second kappa shape index (κ2) is 8.20. The van der Waals surface area contributed by atoms with Crippen LogP contribution in [-0.2, 0) is 11.3 Å². The summed E-state index contributed by atoms with van der Waals surface area (Å²) in [5.41, 5.74) is 5.58. The Morgan fingerprint density at radius 3 is 2.39 bits per heavy atom. The van der Waals surface area contributed by atoms with Crippen molar-refractivity contribution in [2.45, 2.75) is 58.8 Å². The number of para-hydroxylation sites is 1. The first-order chi connectivity index (χ1) is 12.9. The van der Waals surface area contributed by atoms with E-state index in [0.29, 0.717) is 10.9 Å². The van der Waals surface area contributed by atoms with E-state index in [4.69, 9.17) is 5.73 Å². The third-order valence-electron chi connectivity index (χ3n) is 4.38. The zero-order valence-corrected chi connectivity index (χ0v) is 16.1. The summed E-state index contributed by atoms with van der Waals surface area (Å²) in [7, 11) is 0. The van der Waals surface area contributed by atoms with Gasteiger partial charge in [-0.25, -0.2) is 0 Å². The van der Waals surface area contributed by atoms with Gasteiger partial charge < -0.3 is 11.1 Å². The van der Waals surface area contributed by atoms with E-state index < -0.39 is 35.9 Å². The van der Waals surface area contributed by atoms with Gasteiger partial charge in [0.05, 0.1) is 5.52 Å². The Bertz CT molecular complexity index is 853. The van der Waals surface area contributed by atoms with Gasteiger partial charge in [0.2, 0.25) is 5.91 Å². The summed E-state index contributed by atoms with van der Waals surface area (Å²) in [5.74, 6) is -1.21. The van der Waals surface area contributed by atoms with E-state index in [2.05, 4.69) is 10.4 Å². The standard InChI is InChI=1S/C19H25F3N4O2/c1-18(2,3)15(16(23)27)24-17(28)14-12-8-4-5-9-13(12)26(25-14)11-7-6-10-19(20,21)22/h4-5,8-9,15H,6-7,10-11H2,1-3H3,(H2,23,27)(H,24,28)/t15-/m1/s1. The number of nitrogens with one attached hydrogen (secondary N) is 1. The molecule has 6 nitrogen and oxygen atoms in total. The Hall–Kier alpha value is -2.58. The first kappa shape index (κ1) is 21.7. The van der Waals surface area contributed by atoms with Crippen LogP contribution in [0.5, 0.6) is 0 Å². The molecule has 2 amide bonds. The van der Waals surface area contributed by atoms with E-state index in [1.54, 1.807) is 45.0 Å². The number of alkyl halides is 3. The van der Waals surface area contributed by atoms with Crippen molar-refractivity contribution in [2.24, 2.45) is 11.1 Å². The topological polar surface area (TPSA) is 90.0 Å². The fourth-order valence-electron chi connectivity index (χ4n) is 2.97. The largest absolute Gasteiger partial charge is 0.389 e. The summed E-state index contributed by atoms with van der Waals surface area (Å²) < 4.78 is 38.5. The van der Waals surface area contributed by atoms with E-state index in [0.717, 1.165) is 0 Å². The molecule has 1 heterocycles. The molecule has 3 N–H and O–H groups in total. The Labute approximate surface area is 161 Å². The smallest absolute Gasteiger partial charge is 0.368 e. The van der Waals surface area contributed by atoms with Gasteiger partial charge in [0.25, 0.3) is 5.91 Å². The van der Waals surface area contributed by atoms with E-state index in [1.165, 1.54) is 4.68 Å². The van der Waals surface area contributed by atoms with Crippen LogP contribution in [0.25, 0.3) is 10.9 Å². The maximum absolute atomic E-state index is 12.8. The predicted molar refractivity (Wildman–Crippen MR) is 99.5 cm³/mol. The van der Waals surface area contributed by atoms with Crippen LogP contribution in [0.4, 0.5) is 13.2 Å². The maximum atomic E-state index is 12.8. The molecule has 1 atom stereocenters. The molecule has 0 spiro atoms. The molecule has 0 saturated heterocycles. The van der Waals surface area contributed by atoms with Crippen LogP contribution in [0, 0.1) is 5.41 Å². The monoisotopic (exact) mass is 398 g/mol. The number of primary amides is 1. The van der Waals surface area contributed by atoms with E-state index in [1.807, 2.05) is 0 Å². The number of fused-ring (bicyclic) bond motifs is 1. The third kappa shape index (κ3) is 5.46. The number of benzene rings is 1. The van der Waals surface area contributed by atoms with Crippen molar-refractivity contribution in [3.8, 4) is 0 Å². The maximum Gasteiger partial charge on any atom is 0.389 e.